The molecule has 0 amide bonds. The molecule has 0 bridgehead atoms. The lowest BCUT2D eigenvalue weighted by molar-refractivity contribution is -0.136. The van der Waals surface area contributed by atoms with Gasteiger partial charge in [0.1, 0.15) is 5.82 Å². The van der Waals surface area contributed by atoms with Crippen LogP contribution in [0.4, 0.5) is 5.82 Å². The molecule has 0 radical (unpaired) electrons. The average molecular weight is 245 g/mol. The minimum atomic E-state index is -0.829. The second kappa shape index (κ2) is 5.35. The van der Waals surface area contributed by atoms with Gasteiger partial charge >= 0.3 is 5.97 Å². The van der Waals surface area contributed by atoms with Gasteiger partial charge in [0.05, 0.1) is 12.7 Å². The van der Waals surface area contributed by atoms with Crippen LogP contribution in [-0.2, 0) is 17.8 Å². The van der Waals surface area contributed by atoms with Crippen molar-refractivity contribution in [2.45, 2.75) is 19.4 Å². The first-order chi connectivity index (χ1) is 8.66. The standard InChI is InChI=1S/C13H15N3O2/c14-13-11(6-7-12(17)18)8-15-16(13)9-10-4-2-1-3-5-10/h1-5,8H,6-7,9,14H2,(H,17,18). The first kappa shape index (κ1) is 12.2. The van der Waals surface area contributed by atoms with Crippen molar-refractivity contribution in [1.82, 2.24) is 9.78 Å². The van der Waals surface area contributed by atoms with Gasteiger partial charge in [0.15, 0.2) is 0 Å². The van der Waals surface area contributed by atoms with E-state index in [-0.39, 0.29) is 6.42 Å². The Balaban J connectivity index is 2.08. The van der Waals surface area contributed by atoms with Crippen molar-refractivity contribution in [1.29, 1.82) is 0 Å². The van der Waals surface area contributed by atoms with Gasteiger partial charge in [-0.25, -0.2) is 4.68 Å². The summed E-state index contributed by atoms with van der Waals surface area (Å²) in [6, 6.07) is 9.87. The summed E-state index contributed by atoms with van der Waals surface area (Å²) >= 11 is 0. The Kier molecular flexibility index (Phi) is 3.62. The van der Waals surface area contributed by atoms with Gasteiger partial charge < -0.3 is 10.8 Å². The van der Waals surface area contributed by atoms with E-state index in [2.05, 4.69) is 5.10 Å². The maximum atomic E-state index is 10.5. The molecule has 0 unspecified atom stereocenters. The third-order valence-corrected chi connectivity index (χ3v) is 2.74. The van der Waals surface area contributed by atoms with Crippen molar-refractivity contribution in [2.24, 2.45) is 0 Å². The minimum Gasteiger partial charge on any atom is -0.481 e. The number of nitrogen functional groups attached to an aromatic ring is 1. The Bertz CT molecular complexity index is 534. The first-order valence-corrected chi connectivity index (χ1v) is 5.72. The molecule has 94 valence electrons. The molecule has 0 atom stereocenters. The molecule has 1 aromatic carbocycles. The van der Waals surface area contributed by atoms with Crippen LogP contribution in [0.3, 0.4) is 0 Å². The topological polar surface area (TPSA) is 81.1 Å². The summed E-state index contributed by atoms with van der Waals surface area (Å²) in [4.78, 5) is 10.5. The highest BCUT2D eigenvalue weighted by molar-refractivity contribution is 5.67. The van der Waals surface area contributed by atoms with Crippen LogP contribution in [0.1, 0.15) is 17.5 Å². The Hall–Kier alpha value is -2.30. The SMILES string of the molecule is Nc1c(CCC(=O)O)cnn1Cc1ccccc1. The molecule has 2 rings (SSSR count). The van der Waals surface area contributed by atoms with Crippen LogP contribution in [0.15, 0.2) is 36.5 Å². The summed E-state index contributed by atoms with van der Waals surface area (Å²) in [7, 11) is 0. The Labute approximate surface area is 105 Å². The van der Waals surface area contributed by atoms with E-state index in [1.54, 1.807) is 10.9 Å². The van der Waals surface area contributed by atoms with Gasteiger partial charge in [0, 0.05) is 12.0 Å². The summed E-state index contributed by atoms with van der Waals surface area (Å²) in [6.07, 6.45) is 2.12. The second-order valence-corrected chi connectivity index (χ2v) is 4.09. The summed E-state index contributed by atoms with van der Waals surface area (Å²) < 4.78 is 1.69. The van der Waals surface area contributed by atoms with Crippen molar-refractivity contribution < 1.29 is 9.90 Å². The van der Waals surface area contributed by atoms with Crippen LogP contribution >= 0.6 is 0 Å². The fourth-order valence-corrected chi connectivity index (χ4v) is 1.75. The third-order valence-electron chi connectivity index (χ3n) is 2.74. The largest absolute Gasteiger partial charge is 0.481 e. The van der Waals surface area contributed by atoms with E-state index in [1.807, 2.05) is 30.3 Å². The highest BCUT2D eigenvalue weighted by atomic mass is 16.4. The van der Waals surface area contributed by atoms with E-state index in [4.69, 9.17) is 10.8 Å². The van der Waals surface area contributed by atoms with Crippen LogP contribution in [0.25, 0.3) is 0 Å². The molecule has 0 aliphatic rings. The van der Waals surface area contributed by atoms with E-state index in [1.165, 1.54) is 0 Å². The number of aliphatic carboxylic acids is 1. The smallest absolute Gasteiger partial charge is 0.303 e. The number of nitrogens with zero attached hydrogens (tertiary/aromatic N) is 2. The Morgan fingerprint density at radius 1 is 1.33 bits per heavy atom. The Morgan fingerprint density at radius 2 is 2.06 bits per heavy atom. The molecule has 0 aliphatic heterocycles. The molecular weight excluding hydrogens is 230 g/mol. The van der Waals surface area contributed by atoms with Gasteiger partial charge in [0.2, 0.25) is 0 Å². The lowest BCUT2D eigenvalue weighted by atomic mass is 10.2. The van der Waals surface area contributed by atoms with Crippen LogP contribution in [0.5, 0.6) is 0 Å². The highest BCUT2D eigenvalue weighted by Gasteiger charge is 2.09. The van der Waals surface area contributed by atoms with Crippen LogP contribution in [0.2, 0.25) is 0 Å². The summed E-state index contributed by atoms with van der Waals surface area (Å²) in [5.41, 5.74) is 7.84. The summed E-state index contributed by atoms with van der Waals surface area (Å²) in [5.74, 6) is -0.287. The van der Waals surface area contributed by atoms with Gasteiger partial charge in [-0.3, -0.25) is 4.79 Å². The number of carbonyl (C=O) groups is 1. The molecule has 2 aromatic rings. The molecule has 1 heterocycles. The maximum absolute atomic E-state index is 10.5. The minimum absolute atomic E-state index is 0.0707. The quantitative estimate of drug-likeness (QED) is 0.837. The molecule has 5 heteroatoms. The van der Waals surface area contributed by atoms with Gasteiger partial charge in [0.25, 0.3) is 0 Å². The van der Waals surface area contributed by atoms with Gasteiger partial charge in [-0.15, -0.1) is 0 Å². The van der Waals surface area contributed by atoms with E-state index in [0.29, 0.717) is 18.8 Å². The zero-order chi connectivity index (χ0) is 13.0. The average Bonchev–Trinajstić information content (AvgIpc) is 2.70. The monoisotopic (exact) mass is 245 g/mol. The maximum Gasteiger partial charge on any atom is 0.303 e. The van der Waals surface area contributed by atoms with Crippen molar-refractivity contribution in [3.05, 3.63) is 47.7 Å². The zero-order valence-electron chi connectivity index (χ0n) is 9.91. The molecule has 0 saturated carbocycles. The predicted molar refractivity (Wildman–Crippen MR) is 68.1 cm³/mol. The molecule has 5 nitrogen and oxygen atoms in total. The number of carboxylic acid groups (broad SMARTS) is 1. The second-order valence-electron chi connectivity index (χ2n) is 4.09. The van der Waals surface area contributed by atoms with Crippen molar-refractivity contribution in [3.63, 3.8) is 0 Å². The summed E-state index contributed by atoms with van der Waals surface area (Å²) in [5, 5.41) is 12.8. The van der Waals surface area contributed by atoms with Crippen molar-refractivity contribution >= 4 is 11.8 Å². The van der Waals surface area contributed by atoms with E-state index < -0.39 is 5.97 Å². The molecule has 0 spiro atoms. The number of anilines is 1. The third kappa shape index (κ3) is 2.88. The number of rotatable bonds is 5. The molecule has 3 N–H and O–H groups in total. The van der Waals surface area contributed by atoms with E-state index >= 15 is 0 Å². The fraction of sp³-hybridized carbons (Fsp3) is 0.231. The number of hydrogen-bond donors (Lipinski definition) is 2. The molecular formula is C13H15N3O2. The number of carboxylic acids is 1. The normalized spacial score (nSPS) is 10.4. The van der Waals surface area contributed by atoms with Crippen LogP contribution in [-0.4, -0.2) is 20.9 Å². The molecule has 1 aromatic heterocycles. The van der Waals surface area contributed by atoms with Crippen LogP contribution in [0, 0.1) is 0 Å². The first-order valence-electron chi connectivity index (χ1n) is 5.72. The fourth-order valence-electron chi connectivity index (χ4n) is 1.75. The van der Waals surface area contributed by atoms with E-state index in [9.17, 15) is 4.79 Å². The number of benzene rings is 1. The van der Waals surface area contributed by atoms with Crippen LogP contribution < -0.4 is 5.73 Å². The Morgan fingerprint density at radius 3 is 2.72 bits per heavy atom. The van der Waals surface area contributed by atoms with Crippen molar-refractivity contribution in [3.8, 4) is 0 Å². The van der Waals surface area contributed by atoms with Gasteiger partial charge in [-0.1, -0.05) is 30.3 Å². The molecule has 0 fully saturated rings. The number of nitrogens with two attached hydrogens (primary N) is 1. The van der Waals surface area contributed by atoms with Gasteiger partial charge in [-0.05, 0) is 12.0 Å². The summed E-state index contributed by atoms with van der Waals surface area (Å²) in [6.45, 7) is 0.597. The predicted octanol–water partition coefficient (Wildman–Crippen LogP) is 1.53. The molecule has 18 heavy (non-hydrogen) atoms. The molecule has 0 aliphatic carbocycles. The van der Waals surface area contributed by atoms with Gasteiger partial charge in [-0.2, -0.15) is 5.10 Å². The number of hydrogen-bond acceptors (Lipinski definition) is 3. The van der Waals surface area contributed by atoms with E-state index in [0.717, 1.165) is 11.1 Å². The zero-order valence-corrected chi connectivity index (χ0v) is 9.91. The highest BCUT2D eigenvalue weighted by Crippen LogP contribution is 2.14. The lowest BCUT2D eigenvalue weighted by Gasteiger charge is -2.05. The molecule has 0 saturated heterocycles. The van der Waals surface area contributed by atoms with Crippen molar-refractivity contribution in [2.75, 3.05) is 5.73 Å². The lowest BCUT2D eigenvalue weighted by Crippen LogP contribution is -2.07. The number of aryl methyl sites for hydroxylation is 1. The number of aromatic nitrogens is 2.